The average molecular weight is 354 g/mol. The molecule has 2 aromatic carbocycles. The van der Waals surface area contributed by atoms with Crippen molar-refractivity contribution in [3.8, 4) is 0 Å². The predicted octanol–water partition coefficient (Wildman–Crippen LogP) is 3.00. The minimum absolute atomic E-state index is 0.0694. The van der Waals surface area contributed by atoms with Crippen molar-refractivity contribution in [1.82, 2.24) is 10.6 Å². The summed E-state index contributed by atoms with van der Waals surface area (Å²) < 4.78 is 12.9. The lowest BCUT2D eigenvalue weighted by Crippen LogP contribution is -2.32. The predicted molar refractivity (Wildman–Crippen MR) is 97.7 cm³/mol. The van der Waals surface area contributed by atoms with Gasteiger partial charge >= 0.3 is 0 Å². The lowest BCUT2D eigenvalue weighted by Gasteiger charge is -2.14. The van der Waals surface area contributed by atoms with Crippen LogP contribution in [0.2, 0.25) is 0 Å². The van der Waals surface area contributed by atoms with Gasteiger partial charge in [0.05, 0.1) is 17.9 Å². The molecule has 1 saturated carbocycles. The number of hydrogen-bond acceptors (Lipinski definition) is 2. The average Bonchev–Trinajstić information content (AvgIpc) is 3.45. The molecule has 2 N–H and O–H groups in total. The Bertz CT molecular complexity index is 761. The standard InChI is InChI=1S/C21H23FN2O2/c1-14(16-5-3-2-4-6-16)24-21(26)19-13-18(19)20(25)23-12-11-15-7-9-17(22)10-8-15/h2-10,14,18-19H,11-13H2,1H3,(H,23,25)(H,24,26). The summed E-state index contributed by atoms with van der Waals surface area (Å²) in [5.41, 5.74) is 2.01. The van der Waals surface area contributed by atoms with E-state index < -0.39 is 0 Å². The monoisotopic (exact) mass is 354 g/mol. The van der Waals surface area contributed by atoms with Crippen LogP contribution in [-0.2, 0) is 16.0 Å². The second kappa shape index (κ2) is 8.13. The van der Waals surface area contributed by atoms with Crippen molar-refractivity contribution in [3.05, 3.63) is 71.5 Å². The zero-order valence-electron chi connectivity index (χ0n) is 14.7. The topological polar surface area (TPSA) is 58.2 Å². The second-order valence-electron chi connectivity index (χ2n) is 6.76. The molecule has 2 amide bonds. The van der Waals surface area contributed by atoms with Crippen LogP contribution in [0.4, 0.5) is 4.39 Å². The highest BCUT2D eigenvalue weighted by Gasteiger charge is 2.48. The van der Waals surface area contributed by atoms with Crippen molar-refractivity contribution in [2.45, 2.75) is 25.8 Å². The van der Waals surface area contributed by atoms with Crippen LogP contribution in [0.3, 0.4) is 0 Å². The molecule has 0 saturated heterocycles. The van der Waals surface area contributed by atoms with Gasteiger partial charge in [0.1, 0.15) is 5.82 Å². The molecule has 0 spiro atoms. The summed E-state index contributed by atoms with van der Waals surface area (Å²) >= 11 is 0. The maximum Gasteiger partial charge on any atom is 0.224 e. The molecule has 3 rings (SSSR count). The van der Waals surface area contributed by atoms with E-state index in [-0.39, 0.29) is 35.5 Å². The van der Waals surface area contributed by atoms with Gasteiger partial charge in [0.2, 0.25) is 11.8 Å². The van der Waals surface area contributed by atoms with Crippen molar-refractivity contribution < 1.29 is 14.0 Å². The normalized spacial score (nSPS) is 19.5. The van der Waals surface area contributed by atoms with Gasteiger partial charge in [0, 0.05) is 6.54 Å². The third-order valence-electron chi connectivity index (χ3n) is 4.75. The molecule has 26 heavy (non-hydrogen) atoms. The Balaban J connectivity index is 1.40. The number of nitrogens with one attached hydrogen (secondary N) is 2. The maximum absolute atomic E-state index is 12.9. The van der Waals surface area contributed by atoms with Gasteiger partial charge in [0.25, 0.3) is 0 Å². The van der Waals surface area contributed by atoms with E-state index in [1.165, 1.54) is 12.1 Å². The first-order valence-corrected chi connectivity index (χ1v) is 8.92. The maximum atomic E-state index is 12.9. The summed E-state index contributed by atoms with van der Waals surface area (Å²) in [7, 11) is 0. The van der Waals surface area contributed by atoms with E-state index in [0.717, 1.165) is 11.1 Å². The van der Waals surface area contributed by atoms with E-state index in [1.54, 1.807) is 12.1 Å². The van der Waals surface area contributed by atoms with E-state index in [0.29, 0.717) is 19.4 Å². The number of carbonyl (C=O) groups excluding carboxylic acids is 2. The molecule has 0 bridgehead atoms. The molecule has 1 fully saturated rings. The molecular weight excluding hydrogens is 331 g/mol. The van der Waals surface area contributed by atoms with Crippen LogP contribution in [0, 0.1) is 17.7 Å². The smallest absolute Gasteiger partial charge is 0.224 e. The Morgan fingerprint density at radius 3 is 2.38 bits per heavy atom. The molecule has 0 radical (unpaired) electrons. The molecule has 0 heterocycles. The van der Waals surface area contributed by atoms with Gasteiger partial charge < -0.3 is 10.6 Å². The zero-order chi connectivity index (χ0) is 18.5. The van der Waals surface area contributed by atoms with E-state index in [4.69, 9.17) is 0 Å². The number of amides is 2. The molecule has 1 aliphatic rings. The van der Waals surface area contributed by atoms with Crippen molar-refractivity contribution in [3.63, 3.8) is 0 Å². The zero-order valence-corrected chi connectivity index (χ0v) is 14.7. The van der Waals surface area contributed by atoms with E-state index >= 15 is 0 Å². The molecule has 136 valence electrons. The number of hydrogen-bond donors (Lipinski definition) is 2. The SMILES string of the molecule is CC(NC(=O)C1CC1C(=O)NCCc1ccc(F)cc1)c1ccccc1. The molecule has 1 aliphatic carbocycles. The first kappa shape index (κ1) is 18.1. The van der Waals surface area contributed by atoms with Gasteiger partial charge in [-0.2, -0.15) is 0 Å². The molecule has 5 heteroatoms. The fraction of sp³-hybridized carbons (Fsp3) is 0.333. The van der Waals surface area contributed by atoms with E-state index in [1.807, 2.05) is 37.3 Å². The van der Waals surface area contributed by atoms with Crippen LogP contribution in [0.15, 0.2) is 54.6 Å². The minimum Gasteiger partial charge on any atom is -0.356 e. The van der Waals surface area contributed by atoms with E-state index in [2.05, 4.69) is 10.6 Å². The summed E-state index contributed by atoms with van der Waals surface area (Å²) in [5, 5.41) is 5.84. The fourth-order valence-electron chi connectivity index (χ4n) is 3.03. The summed E-state index contributed by atoms with van der Waals surface area (Å²) in [6.45, 7) is 2.42. The third kappa shape index (κ3) is 4.69. The Hall–Kier alpha value is -2.69. The Morgan fingerprint density at radius 1 is 1.04 bits per heavy atom. The lowest BCUT2D eigenvalue weighted by molar-refractivity contribution is -0.127. The second-order valence-corrected chi connectivity index (χ2v) is 6.76. The third-order valence-corrected chi connectivity index (χ3v) is 4.75. The van der Waals surface area contributed by atoms with Gasteiger partial charge in [-0.3, -0.25) is 9.59 Å². The highest BCUT2D eigenvalue weighted by atomic mass is 19.1. The summed E-state index contributed by atoms with van der Waals surface area (Å²) in [6.07, 6.45) is 1.23. The highest BCUT2D eigenvalue weighted by Crippen LogP contribution is 2.39. The molecule has 3 atom stereocenters. The van der Waals surface area contributed by atoms with Crippen LogP contribution >= 0.6 is 0 Å². The lowest BCUT2D eigenvalue weighted by atomic mass is 10.1. The Morgan fingerprint density at radius 2 is 1.69 bits per heavy atom. The minimum atomic E-state index is -0.269. The molecule has 0 aromatic heterocycles. The number of halogens is 1. The quantitative estimate of drug-likeness (QED) is 0.803. The van der Waals surface area contributed by atoms with Crippen LogP contribution in [-0.4, -0.2) is 18.4 Å². The molecule has 0 aliphatic heterocycles. The summed E-state index contributed by atoms with van der Waals surface area (Å²) in [4.78, 5) is 24.5. The first-order chi connectivity index (χ1) is 12.5. The largest absolute Gasteiger partial charge is 0.356 e. The summed E-state index contributed by atoms with van der Waals surface area (Å²) in [5.74, 6) is -0.910. The summed E-state index contributed by atoms with van der Waals surface area (Å²) in [6, 6.07) is 15.9. The van der Waals surface area contributed by atoms with Crippen molar-refractivity contribution in [2.75, 3.05) is 6.54 Å². The van der Waals surface area contributed by atoms with Crippen molar-refractivity contribution in [2.24, 2.45) is 11.8 Å². The van der Waals surface area contributed by atoms with E-state index in [9.17, 15) is 14.0 Å². The molecule has 4 nitrogen and oxygen atoms in total. The first-order valence-electron chi connectivity index (χ1n) is 8.92. The van der Waals surface area contributed by atoms with Gasteiger partial charge in [-0.1, -0.05) is 42.5 Å². The van der Waals surface area contributed by atoms with Gasteiger partial charge in [-0.15, -0.1) is 0 Å². The van der Waals surface area contributed by atoms with Crippen LogP contribution in [0.5, 0.6) is 0 Å². The van der Waals surface area contributed by atoms with Gasteiger partial charge in [-0.25, -0.2) is 4.39 Å². The Kier molecular flexibility index (Phi) is 5.66. The number of carbonyl (C=O) groups is 2. The van der Waals surface area contributed by atoms with Crippen molar-refractivity contribution in [1.29, 1.82) is 0 Å². The van der Waals surface area contributed by atoms with Gasteiger partial charge in [-0.05, 0) is 43.0 Å². The van der Waals surface area contributed by atoms with Gasteiger partial charge in [0.15, 0.2) is 0 Å². The van der Waals surface area contributed by atoms with Crippen LogP contribution in [0.1, 0.15) is 30.5 Å². The van der Waals surface area contributed by atoms with Crippen LogP contribution in [0.25, 0.3) is 0 Å². The number of benzene rings is 2. The number of rotatable bonds is 7. The molecular formula is C21H23FN2O2. The molecule has 3 unspecified atom stereocenters. The fourth-order valence-corrected chi connectivity index (χ4v) is 3.03. The van der Waals surface area contributed by atoms with Crippen molar-refractivity contribution >= 4 is 11.8 Å². The van der Waals surface area contributed by atoms with Crippen LogP contribution < -0.4 is 10.6 Å². The Labute approximate surface area is 152 Å². The highest BCUT2D eigenvalue weighted by molar-refractivity contribution is 5.92. The molecule has 2 aromatic rings.